The minimum atomic E-state index is -4.55. The zero-order valence-corrected chi connectivity index (χ0v) is 17.1. The lowest BCUT2D eigenvalue weighted by Crippen LogP contribution is -2.44. The third-order valence-corrected chi connectivity index (χ3v) is 5.22. The van der Waals surface area contributed by atoms with E-state index in [4.69, 9.17) is 0 Å². The number of halogens is 3. The number of amides is 1. The van der Waals surface area contributed by atoms with Gasteiger partial charge in [-0.25, -0.2) is 19.9 Å². The zero-order chi connectivity index (χ0) is 22.7. The summed E-state index contributed by atoms with van der Waals surface area (Å²) in [4.78, 5) is 33.1. The molecule has 166 valence electrons. The number of anilines is 1. The quantitative estimate of drug-likeness (QED) is 0.622. The van der Waals surface area contributed by atoms with Crippen LogP contribution in [0, 0.1) is 6.92 Å². The van der Waals surface area contributed by atoms with Gasteiger partial charge in [-0.15, -0.1) is 0 Å². The monoisotopic (exact) mass is 443 g/mol. The van der Waals surface area contributed by atoms with E-state index in [0.717, 1.165) is 12.8 Å². The van der Waals surface area contributed by atoms with E-state index in [2.05, 4.69) is 35.6 Å². The number of carbonyl (C=O) groups excluding carboxylic acids is 1. The number of hydrogen-bond donors (Lipinski definition) is 2. The average Bonchev–Trinajstić information content (AvgIpc) is 3.21. The molecule has 32 heavy (non-hydrogen) atoms. The summed E-state index contributed by atoms with van der Waals surface area (Å²) >= 11 is 0. The Labute approximate surface area is 181 Å². The number of aromatic nitrogens is 5. The van der Waals surface area contributed by atoms with Crippen molar-refractivity contribution in [2.45, 2.75) is 44.4 Å². The number of hydrogen-bond acceptors (Lipinski definition) is 7. The fourth-order valence-electron chi connectivity index (χ4n) is 3.68. The predicted octanol–water partition coefficient (Wildman–Crippen LogP) is 3.42. The first-order valence-corrected chi connectivity index (χ1v) is 10.0. The summed E-state index contributed by atoms with van der Waals surface area (Å²) in [6, 6.07) is 4.65. The molecule has 1 saturated carbocycles. The van der Waals surface area contributed by atoms with Crippen molar-refractivity contribution in [3.8, 4) is 11.4 Å². The van der Waals surface area contributed by atoms with Crippen molar-refractivity contribution in [3.05, 3.63) is 60.1 Å². The van der Waals surface area contributed by atoms with Gasteiger partial charge in [-0.3, -0.25) is 9.78 Å². The van der Waals surface area contributed by atoms with Gasteiger partial charge < -0.3 is 10.6 Å². The van der Waals surface area contributed by atoms with Crippen LogP contribution >= 0.6 is 0 Å². The lowest BCUT2D eigenvalue weighted by Gasteiger charge is -2.23. The number of aryl methyl sites for hydroxylation is 1. The Morgan fingerprint density at radius 1 is 1.03 bits per heavy atom. The van der Waals surface area contributed by atoms with Gasteiger partial charge in [0.25, 0.3) is 5.91 Å². The van der Waals surface area contributed by atoms with Crippen LogP contribution in [0.3, 0.4) is 0 Å². The maximum absolute atomic E-state index is 13.0. The molecule has 0 saturated heterocycles. The van der Waals surface area contributed by atoms with Crippen LogP contribution in [0.15, 0.2) is 43.0 Å². The standard InChI is InChI=1S/C21H20F3N7O/c1-12-18(28-11-16(29-12)21(22,23)24)30-14-6-2-7-15(14)31-20(32)17-13(5-3-8-25-17)19-26-9-4-10-27-19/h3-5,8-11,14-15H,2,6-7H2,1H3,(H,28,30)(H,31,32)/t14-,15-/m0/s1. The highest BCUT2D eigenvalue weighted by Gasteiger charge is 2.34. The Balaban J connectivity index is 1.49. The van der Waals surface area contributed by atoms with E-state index in [9.17, 15) is 18.0 Å². The first-order valence-electron chi connectivity index (χ1n) is 10.0. The Hall–Kier alpha value is -3.63. The maximum atomic E-state index is 13.0. The number of pyridine rings is 1. The molecule has 0 radical (unpaired) electrons. The predicted molar refractivity (Wildman–Crippen MR) is 110 cm³/mol. The summed E-state index contributed by atoms with van der Waals surface area (Å²) in [5.74, 6) is 0.282. The fraction of sp³-hybridized carbons (Fsp3) is 0.333. The van der Waals surface area contributed by atoms with Crippen LogP contribution in [0.2, 0.25) is 0 Å². The minimum Gasteiger partial charge on any atom is -0.364 e. The minimum absolute atomic E-state index is 0.144. The molecule has 0 spiro atoms. The van der Waals surface area contributed by atoms with Crippen LogP contribution in [-0.2, 0) is 6.18 Å². The second kappa shape index (κ2) is 8.85. The lowest BCUT2D eigenvalue weighted by molar-refractivity contribution is -0.141. The third-order valence-electron chi connectivity index (χ3n) is 5.22. The second-order valence-electron chi connectivity index (χ2n) is 7.42. The van der Waals surface area contributed by atoms with Gasteiger partial charge >= 0.3 is 6.18 Å². The molecule has 11 heteroatoms. The van der Waals surface area contributed by atoms with E-state index in [1.165, 1.54) is 13.1 Å². The Kier molecular flexibility index (Phi) is 5.97. The number of alkyl halides is 3. The number of nitrogens with one attached hydrogen (secondary N) is 2. The van der Waals surface area contributed by atoms with Crippen LogP contribution in [0.5, 0.6) is 0 Å². The highest BCUT2D eigenvalue weighted by atomic mass is 19.4. The summed E-state index contributed by atoms with van der Waals surface area (Å²) in [7, 11) is 0. The van der Waals surface area contributed by atoms with E-state index in [0.29, 0.717) is 24.0 Å². The molecule has 0 bridgehead atoms. The van der Waals surface area contributed by atoms with Gasteiger partial charge in [-0.05, 0) is 44.4 Å². The molecule has 0 aliphatic heterocycles. The summed E-state index contributed by atoms with van der Waals surface area (Å²) < 4.78 is 38.5. The molecule has 2 atom stereocenters. The van der Waals surface area contributed by atoms with Crippen molar-refractivity contribution in [3.63, 3.8) is 0 Å². The Bertz CT molecular complexity index is 1110. The molecule has 1 amide bonds. The van der Waals surface area contributed by atoms with Crippen molar-refractivity contribution < 1.29 is 18.0 Å². The maximum Gasteiger partial charge on any atom is 0.434 e. The van der Waals surface area contributed by atoms with E-state index < -0.39 is 11.9 Å². The van der Waals surface area contributed by atoms with E-state index in [1.807, 2.05) is 0 Å². The van der Waals surface area contributed by atoms with Gasteiger partial charge in [0, 0.05) is 30.7 Å². The lowest BCUT2D eigenvalue weighted by atomic mass is 10.1. The van der Waals surface area contributed by atoms with Crippen LogP contribution < -0.4 is 10.6 Å². The summed E-state index contributed by atoms with van der Waals surface area (Å²) in [5, 5.41) is 6.12. The molecule has 1 aliphatic carbocycles. The van der Waals surface area contributed by atoms with Crippen LogP contribution in [0.25, 0.3) is 11.4 Å². The second-order valence-corrected chi connectivity index (χ2v) is 7.42. The number of carbonyl (C=O) groups is 1. The molecule has 3 aromatic rings. The smallest absolute Gasteiger partial charge is 0.364 e. The Morgan fingerprint density at radius 3 is 2.47 bits per heavy atom. The van der Waals surface area contributed by atoms with Gasteiger partial charge in [-0.2, -0.15) is 13.2 Å². The van der Waals surface area contributed by atoms with Gasteiger partial charge in [0.15, 0.2) is 11.5 Å². The molecular weight excluding hydrogens is 423 g/mol. The molecule has 2 N–H and O–H groups in total. The van der Waals surface area contributed by atoms with E-state index in [-0.39, 0.29) is 35.2 Å². The fourth-order valence-corrected chi connectivity index (χ4v) is 3.68. The summed E-state index contributed by atoms with van der Waals surface area (Å²) in [5.41, 5.74) is -0.180. The normalized spacial score (nSPS) is 18.4. The topological polar surface area (TPSA) is 106 Å². The largest absolute Gasteiger partial charge is 0.434 e. The van der Waals surface area contributed by atoms with Gasteiger partial charge in [0.1, 0.15) is 11.5 Å². The van der Waals surface area contributed by atoms with Crippen molar-refractivity contribution in [2.24, 2.45) is 0 Å². The molecule has 1 fully saturated rings. The average molecular weight is 443 g/mol. The Morgan fingerprint density at radius 2 is 1.75 bits per heavy atom. The molecule has 1 aliphatic rings. The molecule has 0 aromatic carbocycles. The summed E-state index contributed by atoms with van der Waals surface area (Å²) in [6.45, 7) is 1.47. The van der Waals surface area contributed by atoms with Gasteiger partial charge in [0.05, 0.1) is 17.5 Å². The first-order chi connectivity index (χ1) is 15.3. The zero-order valence-electron chi connectivity index (χ0n) is 17.1. The van der Waals surface area contributed by atoms with Crippen molar-refractivity contribution >= 4 is 11.7 Å². The third kappa shape index (κ3) is 4.66. The number of nitrogens with zero attached hydrogens (tertiary/aromatic N) is 5. The molecule has 3 heterocycles. The van der Waals surface area contributed by atoms with Crippen LogP contribution in [0.4, 0.5) is 19.0 Å². The SMILES string of the molecule is Cc1nc(C(F)(F)F)cnc1N[C@H]1CCC[C@@H]1NC(=O)c1ncccc1-c1ncccn1. The van der Waals surface area contributed by atoms with Crippen LogP contribution in [-0.4, -0.2) is 42.9 Å². The first kappa shape index (κ1) is 21.6. The summed E-state index contributed by atoms with van der Waals surface area (Å²) in [6.07, 6.45) is 3.12. The van der Waals surface area contributed by atoms with Gasteiger partial charge in [0.2, 0.25) is 0 Å². The highest BCUT2D eigenvalue weighted by Crippen LogP contribution is 2.29. The highest BCUT2D eigenvalue weighted by molar-refractivity contribution is 5.98. The molecule has 8 nitrogen and oxygen atoms in total. The molecule has 4 rings (SSSR count). The number of rotatable bonds is 5. The van der Waals surface area contributed by atoms with E-state index >= 15 is 0 Å². The molecule has 3 aromatic heterocycles. The van der Waals surface area contributed by atoms with Crippen molar-refractivity contribution in [2.75, 3.05) is 5.32 Å². The van der Waals surface area contributed by atoms with E-state index in [1.54, 1.807) is 30.6 Å². The molecular formula is C21H20F3N7O. The van der Waals surface area contributed by atoms with Gasteiger partial charge in [-0.1, -0.05) is 0 Å². The van der Waals surface area contributed by atoms with Crippen molar-refractivity contribution in [1.82, 2.24) is 30.2 Å². The van der Waals surface area contributed by atoms with Crippen molar-refractivity contribution in [1.29, 1.82) is 0 Å². The van der Waals surface area contributed by atoms with Crippen LogP contribution in [0.1, 0.15) is 41.1 Å². The molecule has 0 unspecified atom stereocenters.